The minimum Gasteiger partial charge on any atom is -0.462 e. The molecule has 6 heteroatoms. The van der Waals surface area contributed by atoms with E-state index >= 15 is 0 Å². The summed E-state index contributed by atoms with van der Waals surface area (Å²) in [6, 6.07) is 15.9. The van der Waals surface area contributed by atoms with Gasteiger partial charge in [0.25, 0.3) is 0 Å². The first-order valence-electron chi connectivity index (χ1n) is 8.54. The van der Waals surface area contributed by atoms with Crippen LogP contribution in [0, 0.1) is 13.8 Å². The zero-order chi connectivity index (χ0) is 19.4. The van der Waals surface area contributed by atoms with Crippen LogP contribution >= 0.6 is 27.7 Å². The van der Waals surface area contributed by atoms with Crippen molar-refractivity contribution in [3.63, 3.8) is 0 Å². The minimum atomic E-state index is -0.397. The fraction of sp³-hybridized carbons (Fsp3) is 0.190. The largest absolute Gasteiger partial charge is 0.462 e. The third-order valence-electron chi connectivity index (χ3n) is 3.90. The molecular weight excluding hydrogens is 424 g/mol. The Morgan fingerprint density at radius 3 is 2.33 bits per heavy atom. The van der Waals surface area contributed by atoms with Gasteiger partial charge < -0.3 is 4.74 Å². The fourth-order valence-corrected chi connectivity index (χ4v) is 3.64. The number of hydrogen-bond donors (Lipinski definition) is 0. The van der Waals surface area contributed by atoms with Gasteiger partial charge in [-0.2, -0.15) is 0 Å². The van der Waals surface area contributed by atoms with Gasteiger partial charge in [-0.25, -0.2) is 14.8 Å². The summed E-state index contributed by atoms with van der Waals surface area (Å²) in [5.41, 5.74) is 3.64. The summed E-state index contributed by atoms with van der Waals surface area (Å²) in [7, 11) is 0. The first-order chi connectivity index (χ1) is 13.0. The molecular formula is C21H19BrN2O2S. The van der Waals surface area contributed by atoms with Crippen LogP contribution in [-0.2, 0) is 4.74 Å². The Kier molecular flexibility index (Phi) is 6.29. The standard InChI is InChI=1S/C21H19BrN2O2S/c1-4-26-20(25)18-14(3)23-21(27-17-11-9-16(22)10-12-17)24-19(18)15-7-5-13(2)6-8-15/h5-12H,4H2,1-3H3. The van der Waals surface area contributed by atoms with E-state index in [1.807, 2.05) is 62.4 Å². The maximum Gasteiger partial charge on any atom is 0.342 e. The van der Waals surface area contributed by atoms with Crippen molar-refractivity contribution in [1.82, 2.24) is 9.97 Å². The van der Waals surface area contributed by atoms with Gasteiger partial charge in [0.15, 0.2) is 5.16 Å². The second-order valence-electron chi connectivity index (χ2n) is 5.96. The quantitative estimate of drug-likeness (QED) is 0.366. The van der Waals surface area contributed by atoms with E-state index in [2.05, 4.69) is 20.9 Å². The molecule has 0 atom stereocenters. The summed E-state index contributed by atoms with van der Waals surface area (Å²) in [6.45, 7) is 5.94. The lowest BCUT2D eigenvalue weighted by atomic mass is 10.0. The molecule has 0 aliphatic rings. The zero-order valence-corrected chi connectivity index (χ0v) is 17.7. The molecule has 0 saturated heterocycles. The molecule has 0 radical (unpaired) electrons. The van der Waals surface area contributed by atoms with Gasteiger partial charge >= 0.3 is 5.97 Å². The highest BCUT2D eigenvalue weighted by molar-refractivity contribution is 9.10. The molecule has 0 aliphatic carbocycles. The molecule has 0 bridgehead atoms. The maximum atomic E-state index is 12.5. The van der Waals surface area contributed by atoms with Gasteiger partial charge in [-0.3, -0.25) is 0 Å². The van der Waals surface area contributed by atoms with E-state index < -0.39 is 5.97 Å². The van der Waals surface area contributed by atoms with E-state index in [4.69, 9.17) is 9.72 Å². The number of esters is 1. The van der Waals surface area contributed by atoms with Gasteiger partial charge in [0.1, 0.15) is 5.56 Å². The molecule has 1 aromatic heterocycles. The molecule has 4 nitrogen and oxygen atoms in total. The molecule has 3 rings (SSSR count). The highest BCUT2D eigenvalue weighted by atomic mass is 79.9. The van der Waals surface area contributed by atoms with Crippen LogP contribution < -0.4 is 0 Å². The van der Waals surface area contributed by atoms with Gasteiger partial charge in [0, 0.05) is 14.9 Å². The van der Waals surface area contributed by atoms with Crippen molar-refractivity contribution in [2.75, 3.05) is 6.61 Å². The first kappa shape index (κ1) is 19.6. The van der Waals surface area contributed by atoms with Crippen molar-refractivity contribution in [3.8, 4) is 11.3 Å². The number of aryl methyl sites for hydroxylation is 2. The Balaban J connectivity index is 2.08. The molecule has 1 heterocycles. The van der Waals surface area contributed by atoms with Crippen LogP contribution in [-0.4, -0.2) is 22.5 Å². The Labute approximate surface area is 171 Å². The number of rotatable bonds is 5. The number of carbonyl (C=O) groups excluding carboxylic acids is 1. The van der Waals surface area contributed by atoms with Crippen LogP contribution in [0.4, 0.5) is 0 Å². The van der Waals surface area contributed by atoms with Gasteiger partial charge in [0.2, 0.25) is 0 Å². The van der Waals surface area contributed by atoms with Crippen LogP contribution in [0.25, 0.3) is 11.3 Å². The van der Waals surface area contributed by atoms with Crippen LogP contribution in [0.3, 0.4) is 0 Å². The summed E-state index contributed by atoms with van der Waals surface area (Å²) in [4.78, 5) is 22.8. The molecule has 2 aromatic carbocycles. The van der Waals surface area contributed by atoms with Gasteiger partial charge in [0.05, 0.1) is 18.0 Å². The fourth-order valence-electron chi connectivity index (χ4n) is 2.57. The van der Waals surface area contributed by atoms with E-state index in [0.29, 0.717) is 28.7 Å². The molecule has 0 saturated carbocycles. The van der Waals surface area contributed by atoms with Gasteiger partial charge in [-0.05, 0) is 56.8 Å². The van der Waals surface area contributed by atoms with Crippen LogP contribution in [0.2, 0.25) is 0 Å². The van der Waals surface area contributed by atoms with E-state index in [0.717, 1.165) is 20.5 Å². The molecule has 0 fully saturated rings. The number of halogens is 1. The number of aromatic nitrogens is 2. The number of carbonyl (C=O) groups is 1. The summed E-state index contributed by atoms with van der Waals surface area (Å²) in [5.74, 6) is -0.397. The molecule has 0 amide bonds. The second kappa shape index (κ2) is 8.67. The summed E-state index contributed by atoms with van der Waals surface area (Å²) < 4.78 is 6.25. The molecule has 0 N–H and O–H groups in total. The normalized spacial score (nSPS) is 10.7. The predicted octanol–water partition coefficient (Wildman–Crippen LogP) is 5.85. The van der Waals surface area contributed by atoms with Gasteiger partial charge in [-0.15, -0.1) is 0 Å². The summed E-state index contributed by atoms with van der Waals surface area (Å²) >= 11 is 4.90. The average Bonchev–Trinajstić information content (AvgIpc) is 2.64. The van der Waals surface area contributed by atoms with Crippen LogP contribution in [0.15, 0.2) is 63.1 Å². The molecule has 27 heavy (non-hydrogen) atoms. The number of hydrogen-bond acceptors (Lipinski definition) is 5. The predicted molar refractivity (Wildman–Crippen MR) is 111 cm³/mol. The van der Waals surface area contributed by atoms with Crippen LogP contribution in [0.5, 0.6) is 0 Å². The van der Waals surface area contributed by atoms with E-state index in [-0.39, 0.29) is 0 Å². The Morgan fingerprint density at radius 2 is 1.70 bits per heavy atom. The van der Waals surface area contributed by atoms with E-state index in [1.165, 1.54) is 11.8 Å². The number of ether oxygens (including phenoxy) is 1. The van der Waals surface area contributed by atoms with Crippen molar-refractivity contribution >= 4 is 33.7 Å². The number of nitrogens with zero attached hydrogens (tertiary/aromatic N) is 2. The van der Waals surface area contributed by atoms with Crippen molar-refractivity contribution in [2.45, 2.75) is 30.8 Å². The zero-order valence-electron chi connectivity index (χ0n) is 15.3. The van der Waals surface area contributed by atoms with Crippen molar-refractivity contribution < 1.29 is 9.53 Å². The van der Waals surface area contributed by atoms with Crippen molar-refractivity contribution in [3.05, 3.63) is 69.8 Å². The number of benzene rings is 2. The Hall–Kier alpha value is -2.18. The van der Waals surface area contributed by atoms with Gasteiger partial charge in [-0.1, -0.05) is 45.8 Å². The molecule has 0 spiro atoms. The Morgan fingerprint density at radius 1 is 1.04 bits per heavy atom. The summed E-state index contributed by atoms with van der Waals surface area (Å²) in [6.07, 6.45) is 0. The molecule has 3 aromatic rings. The Bertz CT molecular complexity index is 957. The van der Waals surface area contributed by atoms with E-state index in [1.54, 1.807) is 6.92 Å². The third-order valence-corrected chi connectivity index (χ3v) is 5.30. The maximum absolute atomic E-state index is 12.5. The second-order valence-corrected chi connectivity index (χ2v) is 7.91. The lowest BCUT2D eigenvalue weighted by Gasteiger charge is -2.13. The molecule has 138 valence electrons. The minimum absolute atomic E-state index is 0.307. The lowest BCUT2D eigenvalue weighted by Crippen LogP contribution is -2.12. The van der Waals surface area contributed by atoms with Crippen molar-refractivity contribution in [2.24, 2.45) is 0 Å². The average molecular weight is 443 g/mol. The highest BCUT2D eigenvalue weighted by Gasteiger charge is 2.21. The van der Waals surface area contributed by atoms with Crippen LogP contribution in [0.1, 0.15) is 28.5 Å². The smallest absolute Gasteiger partial charge is 0.342 e. The SMILES string of the molecule is CCOC(=O)c1c(C)nc(Sc2ccc(Br)cc2)nc1-c1ccc(C)cc1. The van der Waals surface area contributed by atoms with Crippen molar-refractivity contribution in [1.29, 1.82) is 0 Å². The molecule has 0 unspecified atom stereocenters. The monoisotopic (exact) mass is 442 g/mol. The lowest BCUT2D eigenvalue weighted by molar-refractivity contribution is 0.0525. The topological polar surface area (TPSA) is 52.1 Å². The summed E-state index contributed by atoms with van der Waals surface area (Å²) in [5, 5.41) is 0.596. The first-order valence-corrected chi connectivity index (χ1v) is 10.1. The highest BCUT2D eigenvalue weighted by Crippen LogP contribution is 2.31. The van der Waals surface area contributed by atoms with E-state index in [9.17, 15) is 4.79 Å². The third kappa shape index (κ3) is 4.76. The molecule has 0 aliphatic heterocycles.